The first-order valence-electron chi connectivity index (χ1n) is 8.67. The van der Waals surface area contributed by atoms with Crippen molar-refractivity contribution in [3.63, 3.8) is 0 Å². The molecule has 1 aliphatic heterocycles. The van der Waals surface area contributed by atoms with Gasteiger partial charge in [0.2, 0.25) is 0 Å². The fourth-order valence-corrected chi connectivity index (χ4v) is 3.03. The van der Waals surface area contributed by atoms with Crippen LogP contribution < -0.4 is 15.5 Å². The third kappa shape index (κ3) is 5.67. The molecule has 1 heterocycles. The number of aliphatic imine (C=N–C) groups is 1. The van der Waals surface area contributed by atoms with Gasteiger partial charge in [0.1, 0.15) is 0 Å². The third-order valence-corrected chi connectivity index (χ3v) is 5.11. The van der Waals surface area contributed by atoms with Gasteiger partial charge in [0.05, 0.1) is 0 Å². The Balaban J connectivity index is 1.77. The van der Waals surface area contributed by atoms with E-state index in [0.29, 0.717) is 12.1 Å². The van der Waals surface area contributed by atoms with E-state index in [1.807, 2.05) is 7.05 Å². The van der Waals surface area contributed by atoms with Crippen LogP contribution in [0, 0.1) is 0 Å². The zero-order chi connectivity index (χ0) is 17.5. The fraction of sp³-hybridized carbons (Fsp3) is 0.611. The average Bonchev–Trinajstić information content (AvgIpc) is 3.02. The number of rotatable bonds is 6. The molecule has 0 saturated carbocycles. The Kier molecular flexibility index (Phi) is 7.37. The van der Waals surface area contributed by atoms with E-state index in [4.69, 9.17) is 0 Å². The summed E-state index contributed by atoms with van der Waals surface area (Å²) in [7, 11) is 3.98. The van der Waals surface area contributed by atoms with Crippen molar-refractivity contribution in [1.82, 2.24) is 15.5 Å². The molecular weight excluding hydrogens is 366 g/mol. The van der Waals surface area contributed by atoms with Crippen molar-refractivity contribution in [3.8, 4) is 0 Å². The van der Waals surface area contributed by atoms with E-state index in [0.717, 1.165) is 43.0 Å². The number of nitrogens with one attached hydrogen (secondary N) is 2. The maximum Gasteiger partial charge on any atom is 0.191 e. The topological polar surface area (TPSA) is 42.9 Å². The van der Waals surface area contributed by atoms with Crippen molar-refractivity contribution in [2.75, 3.05) is 45.2 Å². The van der Waals surface area contributed by atoms with Crippen molar-refractivity contribution in [1.29, 1.82) is 0 Å². The Morgan fingerprint density at radius 3 is 2.71 bits per heavy atom. The highest BCUT2D eigenvalue weighted by atomic mass is 79.9. The van der Waals surface area contributed by atoms with Crippen molar-refractivity contribution in [2.24, 2.45) is 4.99 Å². The molecule has 0 aromatic heterocycles. The van der Waals surface area contributed by atoms with Gasteiger partial charge in [-0.25, -0.2) is 0 Å². The summed E-state index contributed by atoms with van der Waals surface area (Å²) >= 11 is 3.49. The molecule has 6 heteroatoms. The molecule has 0 bridgehead atoms. The van der Waals surface area contributed by atoms with Gasteiger partial charge in [0.25, 0.3) is 0 Å². The minimum Gasteiger partial charge on any atom is -0.369 e. The summed E-state index contributed by atoms with van der Waals surface area (Å²) in [5.74, 6) is 0.898. The molecule has 0 amide bonds. The lowest BCUT2D eigenvalue weighted by molar-refractivity contribution is 0.278. The van der Waals surface area contributed by atoms with E-state index < -0.39 is 0 Å². The van der Waals surface area contributed by atoms with Crippen molar-refractivity contribution in [2.45, 2.75) is 32.4 Å². The number of hydrogen-bond acceptors (Lipinski definition) is 3. The van der Waals surface area contributed by atoms with Crippen LogP contribution in [0.5, 0.6) is 0 Å². The van der Waals surface area contributed by atoms with Crippen LogP contribution in [0.3, 0.4) is 0 Å². The van der Waals surface area contributed by atoms with Gasteiger partial charge < -0.3 is 20.4 Å². The quantitative estimate of drug-likeness (QED) is 0.573. The fourth-order valence-electron chi connectivity index (χ4n) is 2.76. The van der Waals surface area contributed by atoms with E-state index in [1.165, 1.54) is 5.69 Å². The van der Waals surface area contributed by atoms with Crippen LogP contribution in [0.2, 0.25) is 0 Å². The molecule has 1 saturated heterocycles. The first-order chi connectivity index (χ1) is 11.5. The predicted molar refractivity (Wildman–Crippen MR) is 107 cm³/mol. The second-order valence-corrected chi connectivity index (χ2v) is 7.54. The Labute approximate surface area is 154 Å². The molecule has 1 aliphatic rings. The summed E-state index contributed by atoms with van der Waals surface area (Å²) in [5.41, 5.74) is 1.28. The lowest BCUT2D eigenvalue weighted by atomic mass is 10.3. The molecular formula is C18H30BrN5. The molecule has 2 N–H and O–H groups in total. The molecule has 2 rings (SSSR count). The number of guanidine groups is 1. The van der Waals surface area contributed by atoms with Gasteiger partial charge in [-0.3, -0.25) is 4.99 Å². The Morgan fingerprint density at radius 1 is 1.38 bits per heavy atom. The van der Waals surface area contributed by atoms with Crippen LogP contribution in [0.15, 0.2) is 33.7 Å². The van der Waals surface area contributed by atoms with Gasteiger partial charge in [-0.15, -0.1) is 0 Å². The van der Waals surface area contributed by atoms with Crippen LogP contribution >= 0.6 is 15.9 Å². The van der Waals surface area contributed by atoms with Crippen LogP contribution in [-0.4, -0.2) is 63.2 Å². The zero-order valence-corrected chi connectivity index (χ0v) is 16.8. The maximum atomic E-state index is 4.35. The molecule has 24 heavy (non-hydrogen) atoms. The van der Waals surface area contributed by atoms with E-state index in [1.54, 1.807) is 0 Å². The molecule has 5 nitrogen and oxygen atoms in total. The van der Waals surface area contributed by atoms with Crippen molar-refractivity contribution < 1.29 is 0 Å². The Hall–Kier alpha value is -1.27. The highest BCUT2D eigenvalue weighted by molar-refractivity contribution is 9.10. The molecule has 1 aromatic carbocycles. The summed E-state index contributed by atoms with van der Waals surface area (Å²) in [6.07, 6.45) is 1.13. The van der Waals surface area contributed by atoms with Crippen LogP contribution in [0.4, 0.5) is 5.69 Å². The highest BCUT2D eigenvalue weighted by Gasteiger charge is 2.23. The second-order valence-electron chi connectivity index (χ2n) is 6.63. The summed E-state index contributed by atoms with van der Waals surface area (Å²) in [6.45, 7) is 8.41. The smallest absolute Gasteiger partial charge is 0.191 e. The molecule has 1 aromatic rings. The molecule has 1 atom stereocenters. The van der Waals surface area contributed by atoms with Gasteiger partial charge >= 0.3 is 0 Å². The lowest BCUT2D eigenvalue weighted by Gasteiger charge is -2.23. The molecule has 1 unspecified atom stereocenters. The molecule has 1 fully saturated rings. The van der Waals surface area contributed by atoms with E-state index in [-0.39, 0.29) is 0 Å². The van der Waals surface area contributed by atoms with E-state index in [9.17, 15) is 0 Å². The van der Waals surface area contributed by atoms with E-state index in [2.05, 4.69) is 86.5 Å². The van der Waals surface area contributed by atoms with Gasteiger partial charge in [-0.2, -0.15) is 0 Å². The van der Waals surface area contributed by atoms with Crippen molar-refractivity contribution >= 4 is 27.6 Å². The largest absolute Gasteiger partial charge is 0.369 e. The Morgan fingerprint density at radius 2 is 2.08 bits per heavy atom. The first-order valence-corrected chi connectivity index (χ1v) is 9.47. The van der Waals surface area contributed by atoms with Crippen LogP contribution in [0.25, 0.3) is 0 Å². The first kappa shape index (κ1) is 19.1. The standard InChI is InChI=1S/C18H30BrN5/c1-14(2)23(4)12-10-21-18(20-3)22-16-9-11-24(13-16)17-7-5-15(19)6-8-17/h5-8,14,16H,9-13H2,1-4H3,(H2,20,21,22). The van der Waals surface area contributed by atoms with Crippen molar-refractivity contribution in [3.05, 3.63) is 28.7 Å². The molecule has 134 valence electrons. The van der Waals surface area contributed by atoms with Gasteiger partial charge in [-0.05, 0) is 51.6 Å². The third-order valence-electron chi connectivity index (χ3n) is 4.58. The maximum absolute atomic E-state index is 4.35. The average molecular weight is 396 g/mol. The highest BCUT2D eigenvalue weighted by Crippen LogP contribution is 2.22. The minimum atomic E-state index is 0.433. The van der Waals surface area contributed by atoms with Gasteiger partial charge in [0.15, 0.2) is 5.96 Å². The predicted octanol–water partition coefficient (Wildman–Crippen LogP) is 2.53. The molecule has 0 spiro atoms. The normalized spacial score (nSPS) is 18.5. The van der Waals surface area contributed by atoms with Gasteiger partial charge in [-0.1, -0.05) is 15.9 Å². The number of nitrogens with zero attached hydrogens (tertiary/aromatic N) is 3. The SMILES string of the molecule is CN=C(NCCN(C)C(C)C)NC1CCN(c2ccc(Br)cc2)C1. The minimum absolute atomic E-state index is 0.433. The number of hydrogen-bond donors (Lipinski definition) is 2. The van der Waals surface area contributed by atoms with E-state index >= 15 is 0 Å². The monoisotopic (exact) mass is 395 g/mol. The number of likely N-dealkylation sites (N-methyl/N-ethyl adjacent to an activating group) is 1. The molecule has 0 radical (unpaired) electrons. The lowest BCUT2D eigenvalue weighted by Crippen LogP contribution is -2.46. The second kappa shape index (κ2) is 9.28. The number of benzene rings is 1. The summed E-state index contributed by atoms with van der Waals surface area (Å²) in [4.78, 5) is 9.10. The van der Waals surface area contributed by atoms with Crippen LogP contribution in [-0.2, 0) is 0 Å². The number of anilines is 1. The zero-order valence-electron chi connectivity index (χ0n) is 15.2. The summed E-state index contributed by atoms with van der Waals surface area (Å²) in [6, 6.07) is 9.53. The van der Waals surface area contributed by atoms with Crippen LogP contribution in [0.1, 0.15) is 20.3 Å². The summed E-state index contributed by atoms with van der Waals surface area (Å²) < 4.78 is 1.12. The van der Waals surface area contributed by atoms with Gasteiger partial charge in [0, 0.05) is 55.5 Å². The summed E-state index contributed by atoms with van der Waals surface area (Å²) in [5, 5.41) is 6.97. The Bertz CT molecular complexity index is 529. The number of halogens is 1. The molecule has 0 aliphatic carbocycles.